The van der Waals surface area contributed by atoms with Crippen LogP contribution in [0.25, 0.3) is 5.57 Å². The molecule has 0 atom stereocenters. The van der Waals surface area contributed by atoms with Crippen molar-refractivity contribution in [1.82, 2.24) is 5.32 Å². The summed E-state index contributed by atoms with van der Waals surface area (Å²) in [5, 5.41) is 3.19. The predicted octanol–water partition coefficient (Wildman–Crippen LogP) is 2.03. The van der Waals surface area contributed by atoms with Gasteiger partial charge in [-0.3, -0.25) is 0 Å². The number of benzene rings is 1. The van der Waals surface area contributed by atoms with Crippen LogP contribution in [0, 0.1) is 0 Å². The third kappa shape index (κ3) is 2.17. The number of nitrogens with one attached hydrogen (secondary N) is 1. The normalized spacial score (nSPS) is 15.0. The van der Waals surface area contributed by atoms with Gasteiger partial charge in [0.25, 0.3) is 0 Å². The Bertz CT molecular complexity index is 413. The van der Waals surface area contributed by atoms with Crippen LogP contribution < -0.4 is 11.1 Å². The molecule has 2 heteroatoms. The average molecular weight is 198 g/mol. The van der Waals surface area contributed by atoms with Crippen LogP contribution in [0.2, 0.25) is 0 Å². The number of hydrogen-bond acceptors (Lipinski definition) is 2. The summed E-state index contributed by atoms with van der Waals surface area (Å²) in [5.41, 5.74) is 9.10. The van der Waals surface area contributed by atoms with Crippen LogP contribution in [0.1, 0.15) is 5.56 Å². The number of hydrogen-bond donors (Lipinski definition) is 2. The summed E-state index contributed by atoms with van der Waals surface area (Å²) in [6.07, 6.45) is 7.95. The molecule has 2 nitrogen and oxygen atoms in total. The molecule has 0 aromatic heterocycles. The van der Waals surface area contributed by atoms with Crippen LogP contribution in [-0.4, -0.2) is 6.54 Å². The van der Waals surface area contributed by atoms with Gasteiger partial charge in [-0.1, -0.05) is 42.5 Å². The molecule has 0 radical (unpaired) electrons. The number of rotatable bonds is 2. The maximum Gasteiger partial charge on any atom is 0.0364 e. The molecule has 0 amide bonds. The molecule has 1 heterocycles. The molecule has 76 valence electrons. The Morgan fingerprint density at radius 3 is 2.60 bits per heavy atom. The first-order valence-electron chi connectivity index (χ1n) is 5.00. The molecule has 1 aromatic rings. The van der Waals surface area contributed by atoms with Gasteiger partial charge in [-0.2, -0.15) is 0 Å². The Kier molecular flexibility index (Phi) is 3.00. The standard InChI is InChI=1S/C13H14N2/c14-10-13-12(8-4-5-9-15-13)11-6-2-1-3-7-11/h1-9,15H,10,14H2. The fourth-order valence-corrected chi connectivity index (χ4v) is 1.59. The molecule has 0 unspecified atom stereocenters. The van der Waals surface area contributed by atoms with Crippen LogP contribution in [0.5, 0.6) is 0 Å². The van der Waals surface area contributed by atoms with Crippen molar-refractivity contribution in [3.05, 3.63) is 66.0 Å². The molecule has 1 aromatic carbocycles. The van der Waals surface area contributed by atoms with Crippen LogP contribution in [-0.2, 0) is 0 Å². The highest BCUT2D eigenvalue weighted by molar-refractivity contribution is 5.77. The molecule has 0 bridgehead atoms. The monoisotopic (exact) mass is 198 g/mol. The second-order valence-electron chi connectivity index (χ2n) is 3.32. The number of allylic oxidation sites excluding steroid dienone is 4. The largest absolute Gasteiger partial charge is 0.363 e. The molecule has 3 N–H and O–H groups in total. The summed E-state index contributed by atoms with van der Waals surface area (Å²) < 4.78 is 0. The van der Waals surface area contributed by atoms with Crippen molar-refractivity contribution in [2.24, 2.45) is 5.73 Å². The van der Waals surface area contributed by atoms with Crippen molar-refractivity contribution in [3.8, 4) is 0 Å². The first kappa shape index (κ1) is 9.74. The molecule has 0 saturated heterocycles. The fraction of sp³-hybridized carbons (Fsp3) is 0.0769. The van der Waals surface area contributed by atoms with Gasteiger partial charge in [0.2, 0.25) is 0 Å². The van der Waals surface area contributed by atoms with Gasteiger partial charge in [-0.05, 0) is 11.6 Å². The minimum absolute atomic E-state index is 0.513. The summed E-state index contributed by atoms with van der Waals surface area (Å²) in [5.74, 6) is 0. The van der Waals surface area contributed by atoms with Gasteiger partial charge < -0.3 is 11.1 Å². The topological polar surface area (TPSA) is 38.0 Å². The molecule has 1 aliphatic heterocycles. The van der Waals surface area contributed by atoms with E-state index in [-0.39, 0.29) is 0 Å². The van der Waals surface area contributed by atoms with Crippen molar-refractivity contribution in [3.63, 3.8) is 0 Å². The van der Waals surface area contributed by atoms with Crippen LogP contribution >= 0.6 is 0 Å². The Morgan fingerprint density at radius 2 is 1.87 bits per heavy atom. The zero-order valence-corrected chi connectivity index (χ0v) is 8.48. The third-order valence-electron chi connectivity index (χ3n) is 2.34. The second-order valence-corrected chi connectivity index (χ2v) is 3.32. The summed E-state index contributed by atoms with van der Waals surface area (Å²) in [4.78, 5) is 0. The lowest BCUT2D eigenvalue weighted by molar-refractivity contribution is 0.982. The Hall–Kier alpha value is -1.80. The second kappa shape index (κ2) is 4.62. The van der Waals surface area contributed by atoms with E-state index in [1.165, 1.54) is 5.56 Å². The SMILES string of the molecule is NCC1=C(c2ccccc2)C=CC=CN1. The smallest absolute Gasteiger partial charge is 0.0364 e. The van der Waals surface area contributed by atoms with E-state index in [0.717, 1.165) is 11.3 Å². The molecule has 0 fully saturated rings. The highest BCUT2D eigenvalue weighted by Crippen LogP contribution is 2.19. The van der Waals surface area contributed by atoms with Gasteiger partial charge in [0, 0.05) is 24.0 Å². The predicted molar refractivity (Wildman–Crippen MR) is 63.8 cm³/mol. The van der Waals surface area contributed by atoms with E-state index < -0.39 is 0 Å². The molecular weight excluding hydrogens is 184 g/mol. The van der Waals surface area contributed by atoms with Crippen LogP contribution in [0.4, 0.5) is 0 Å². The molecule has 15 heavy (non-hydrogen) atoms. The van der Waals surface area contributed by atoms with Crippen LogP contribution in [0.3, 0.4) is 0 Å². The molecule has 1 aliphatic rings. The molecule has 2 rings (SSSR count). The first-order chi connectivity index (χ1) is 7.42. The summed E-state index contributed by atoms with van der Waals surface area (Å²) >= 11 is 0. The summed E-state index contributed by atoms with van der Waals surface area (Å²) in [6, 6.07) is 10.2. The van der Waals surface area contributed by atoms with Crippen molar-refractivity contribution in [2.45, 2.75) is 0 Å². The summed E-state index contributed by atoms with van der Waals surface area (Å²) in [7, 11) is 0. The summed E-state index contributed by atoms with van der Waals surface area (Å²) in [6.45, 7) is 0.513. The van der Waals surface area contributed by atoms with E-state index in [1.54, 1.807) is 0 Å². The van der Waals surface area contributed by atoms with Gasteiger partial charge in [-0.15, -0.1) is 0 Å². The number of nitrogens with two attached hydrogens (primary N) is 1. The van der Waals surface area contributed by atoms with Crippen molar-refractivity contribution in [2.75, 3.05) is 6.54 Å². The lowest BCUT2D eigenvalue weighted by Crippen LogP contribution is -2.16. The van der Waals surface area contributed by atoms with E-state index in [9.17, 15) is 0 Å². The zero-order valence-electron chi connectivity index (χ0n) is 8.48. The van der Waals surface area contributed by atoms with E-state index in [1.807, 2.05) is 36.6 Å². The minimum Gasteiger partial charge on any atom is -0.363 e. The third-order valence-corrected chi connectivity index (χ3v) is 2.34. The lowest BCUT2D eigenvalue weighted by Gasteiger charge is -2.09. The van der Waals surface area contributed by atoms with E-state index in [2.05, 4.69) is 23.5 Å². The van der Waals surface area contributed by atoms with Gasteiger partial charge in [-0.25, -0.2) is 0 Å². The minimum atomic E-state index is 0.513. The Labute approximate surface area is 89.8 Å². The maximum atomic E-state index is 5.71. The quantitative estimate of drug-likeness (QED) is 0.763. The van der Waals surface area contributed by atoms with Crippen molar-refractivity contribution >= 4 is 5.57 Å². The van der Waals surface area contributed by atoms with Crippen molar-refractivity contribution in [1.29, 1.82) is 0 Å². The van der Waals surface area contributed by atoms with Gasteiger partial charge in [0.05, 0.1) is 0 Å². The molecule has 0 saturated carbocycles. The Balaban J connectivity index is 2.45. The van der Waals surface area contributed by atoms with Gasteiger partial charge >= 0.3 is 0 Å². The molecule has 0 aliphatic carbocycles. The van der Waals surface area contributed by atoms with Crippen LogP contribution in [0.15, 0.2) is 60.5 Å². The maximum absolute atomic E-state index is 5.71. The molecular formula is C13H14N2. The van der Waals surface area contributed by atoms with Gasteiger partial charge in [0.1, 0.15) is 0 Å². The first-order valence-corrected chi connectivity index (χ1v) is 5.00. The zero-order chi connectivity index (χ0) is 10.5. The van der Waals surface area contributed by atoms with Gasteiger partial charge in [0.15, 0.2) is 0 Å². The molecule has 0 spiro atoms. The fourth-order valence-electron chi connectivity index (χ4n) is 1.59. The van der Waals surface area contributed by atoms with Crippen molar-refractivity contribution < 1.29 is 0 Å². The van der Waals surface area contributed by atoms with E-state index >= 15 is 0 Å². The van der Waals surface area contributed by atoms with E-state index in [4.69, 9.17) is 5.73 Å². The average Bonchev–Trinajstić information content (AvgIpc) is 2.55. The lowest BCUT2D eigenvalue weighted by atomic mass is 10.0. The highest BCUT2D eigenvalue weighted by Gasteiger charge is 2.05. The highest BCUT2D eigenvalue weighted by atomic mass is 14.9. The van der Waals surface area contributed by atoms with E-state index in [0.29, 0.717) is 6.54 Å². The Morgan fingerprint density at radius 1 is 1.07 bits per heavy atom.